The van der Waals surface area contributed by atoms with Gasteiger partial charge in [0, 0.05) is 46.5 Å². The number of likely N-dealkylation sites (tertiary alicyclic amines) is 1. The molecule has 5 heterocycles. The summed E-state index contributed by atoms with van der Waals surface area (Å²) in [6, 6.07) is 19.4. The molecule has 0 unspecified atom stereocenters. The number of halogens is 1. The smallest absolute Gasteiger partial charge is 0.338 e. The number of imidazole rings is 1. The lowest BCUT2D eigenvalue weighted by molar-refractivity contribution is -0.0592. The number of carbonyl (C=O) groups excluding carboxylic acids is 1. The third-order valence-corrected chi connectivity index (χ3v) is 9.16. The lowest BCUT2D eigenvalue weighted by Gasteiger charge is -2.32. The molecular weight excluding hydrogens is 614 g/mol. The minimum Gasteiger partial charge on any atom is -0.473 e. The number of fused-ring (bicyclic) bond motifs is 2. The van der Waals surface area contributed by atoms with Gasteiger partial charge in [-0.2, -0.15) is 0 Å². The maximum Gasteiger partial charge on any atom is 0.338 e. The van der Waals surface area contributed by atoms with Crippen LogP contribution in [-0.4, -0.2) is 61.8 Å². The molecule has 2 fully saturated rings. The SMILES string of the molecule is CC(C)(C)OC(=O)c1ccc2nc(CN3CCC(c4cccc(OCc5ccnc6cc(Cl)ccc56)n4)CC3)n(C[C@@H]3CCO3)c2c1. The molecule has 2 aliphatic heterocycles. The van der Waals surface area contributed by atoms with E-state index in [2.05, 4.69) is 20.5 Å². The summed E-state index contributed by atoms with van der Waals surface area (Å²) in [5.74, 6) is 1.66. The monoisotopic (exact) mass is 653 g/mol. The number of hydrogen-bond acceptors (Lipinski definition) is 8. The minimum atomic E-state index is -0.557. The van der Waals surface area contributed by atoms with Crippen LogP contribution >= 0.6 is 11.6 Å². The molecule has 47 heavy (non-hydrogen) atoms. The van der Waals surface area contributed by atoms with E-state index in [0.717, 1.165) is 91.1 Å². The Hall–Kier alpha value is -4.05. The Morgan fingerprint density at radius 3 is 2.60 bits per heavy atom. The number of pyridine rings is 2. The highest BCUT2D eigenvalue weighted by Crippen LogP contribution is 2.30. The van der Waals surface area contributed by atoms with Gasteiger partial charge >= 0.3 is 5.97 Å². The first-order chi connectivity index (χ1) is 22.7. The number of hydrogen-bond donors (Lipinski definition) is 0. The number of nitrogens with zero attached hydrogens (tertiary/aromatic N) is 5. The molecule has 7 rings (SSSR count). The van der Waals surface area contributed by atoms with Crippen LogP contribution in [0, 0.1) is 0 Å². The average Bonchev–Trinajstić information content (AvgIpc) is 3.37. The molecule has 0 saturated carbocycles. The molecule has 2 saturated heterocycles. The van der Waals surface area contributed by atoms with Crippen LogP contribution in [0.1, 0.15) is 73.4 Å². The normalized spacial score (nSPS) is 17.6. The van der Waals surface area contributed by atoms with E-state index >= 15 is 0 Å². The predicted octanol–water partition coefficient (Wildman–Crippen LogP) is 7.34. The summed E-state index contributed by atoms with van der Waals surface area (Å²) >= 11 is 6.16. The van der Waals surface area contributed by atoms with E-state index in [4.69, 9.17) is 35.8 Å². The predicted molar refractivity (Wildman–Crippen MR) is 182 cm³/mol. The number of benzene rings is 2. The molecule has 244 valence electrons. The van der Waals surface area contributed by atoms with E-state index in [0.29, 0.717) is 29.0 Å². The van der Waals surface area contributed by atoms with Gasteiger partial charge in [0.15, 0.2) is 0 Å². The Kier molecular flexibility index (Phi) is 8.87. The largest absolute Gasteiger partial charge is 0.473 e. The van der Waals surface area contributed by atoms with Crippen LogP contribution in [0.5, 0.6) is 5.88 Å². The van der Waals surface area contributed by atoms with Gasteiger partial charge in [0.05, 0.1) is 41.3 Å². The van der Waals surface area contributed by atoms with Crippen LogP contribution in [0.3, 0.4) is 0 Å². The van der Waals surface area contributed by atoms with Crippen molar-refractivity contribution in [1.82, 2.24) is 24.4 Å². The van der Waals surface area contributed by atoms with Crippen LogP contribution in [0.2, 0.25) is 5.02 Å². The molecule has 0 spiro atoms. The van der Waals surface area contributed by atoms with Gasteiger partial charge < -0.3 is 18.8 Å². The maximum absolute atomic E-state index is 12.9. The molecule has 2 aromatic carbocycles. The van der Waals surface area contributed by atoms with E-state index in [9.17, 15) is 4.79 Å². The highest BCUT2D eigenvalue weighted by molar-refractivity contribution is 6.31. The van der Waals surface area contributed by atoms with Crippen LogP contribution in [0.25, 0.3) is 21.9 Å². The van der Waals surface area contributed by atoms with Gasteiger partial charge in [-0.3, -0.25) is 9.88 Å². The Bertz CT molecular complexity index is 1910. The van der Waals surface area contributed by atoms with Crippen LogP contribution < -0.4 is 4.74 Å². The second kappa shape index (κ2) is 13.2. The Labute approximate surface area is 279 Å². The van der Waals surface area contributed by atoms with Crippen molar-refractivity contribution in [3.05, 3.63) is 94.5 Å². The van der Waals surface area contributed by atoms with Gasteiger partial charge in [0.25, 0.3) is 0 Å². The van der Waals surface area contributed by atoms with Crippen molar-refractivity contribution in [2.24, 2.45) is 0 Å². The fourth-order valence-corrected chi connectivity index (χ4v) is 6.54. The fraction of sp³-hybridized carbons (Fsp3) is 0.405. The number of aromatic nitrogens is 4. The molecule has 5 aromatic rings. The Morgan fingerprint density at radius 1 is 1.00 bits per heavy atom. The first-order valence-electron chi connectivity index (χ1n) is 16.4. The highest BCUT2D eigenvalue weighted by atomic mass is 35.5. The molecule has 0 bridgehead atoms. The maximum atomic E-state index is 12.9. The van der Waals surface area contributed by atoms with Crippen molar-refractivity contribution in [3.63, 3.8) is 0 Å². The molecule has 9 nitrogen and oxygen atoms in total. The van der Waals surface area contributed by atoms with Crippen molar-refractivity contribution in [2.75, 3.05) is 19.7 Å². The number of piperidine rings is 1. The zero-order chi connectivity index (χ0) is 32.5. The lowest BCUT2D eigenvalue weighted by Crippen LogP contribution is -2.35. The topological polar surface area (TPSA) is 91.6 Å². The number of rotatable bonds is 9. The van der Waals surface area contributed by atoms with E-state index in [-0.39, 0.29) is 12.1 Å². The van der Waals surface area contributed by atoms with Gasteiger partial charge in [-0.1, -0.05) is 23.7 Å². The van der Waals surface area contributed by atoms with Crippen molar-refractivity contribution in [2.45, 2.75) is 77.4 Å². The van der Waals surface area contributed by atoms with Gasteiger partial charge in [-0.05, 0) is 95.6 Å². The minimum absolute atomic E-state index is 0.165. The summed E-state index contributed by atoms with van der Waals surface area (Å²) in [4.78, 5) is 29.7. The Balaban J connectivity index is 1.01. The van der Waals surface area contributed by atoms with Crippen LogP contribution in [0.15, 0.2) is 66.9 Å². The van der Waals surface area contributed by atoms with Crippen molar-refractivity contribution in [1.29, 1.82) is 0 Å². The highest BCUT2D eigenvalue weighted by Gasteiger charge is 2.27. The lowest BCUT2D eigenvalue weighted by atomic mass is 9.93. The second-order valence-corrected chi connectivity index (χ2v) is 13.9. The fourth-order valence-electron chi connectivity index (χ4n) is 6.38. The third-order valence-electron chi connectivity index (χ3n) is 8.93. The summed E-state index contributed by atoms with van der Waals surface area (Å²) in [5, 5.41) is 1.69. The third kappa shape index (κ3) is 7.27. The first-order valence-corrected chi connectivity index (χ1v) is 16.8. The summed E-state index contributed by atoms with van der Waals surface area (Å²) in [6.07, 6.45) is 4.98. The molecule has 0 amide bonds. The van der Waals surface area contributed by atoms with E-state index in [1.807, 2.05) is 75.4 Å². The number of carbonyl (C=O) groups is 1. The molecule has 0 N–H and O–H groups in total. The molecule has 3 aromatic heterocycles. The summed E-state index contributed by atoms with van der Waals surface area (Å²) in [5.41, 5.74) is 4.76. The van der Waals surface area contributed by atoms with Gasteiger partial charge in [0.2, 0.25) is 5.88 Å². The second-order valence-electron chi connectivity index (χ2n) is 13.5. The summed E-state index contributed by atoms with van der Waals surface area (Å²) < 4.78 is 19.8. The zero-order valence-electron chi connectivity index (χ0n) is 27.1. The van der Waals surface area contributed by atoms with Crippen molar-refractivity contribution in [3.8, 4) is 5.88 Å². The molecule has 2 aliphatic rings. The summed E-state index contributed by atoms with van der Waals surface area (Å²) in [6.45, 7) is 10.2. The molecular formula is C37H40ClN5O4. The molecule has 10 heteroatoms. The van der Waals surface area contributed by atoms with Crippen LogP contribution in [-0.2, 0) is 29.2 Å². The van der Waals surface area contributed by atoms with Gasteiger partial charge in [-0.25, -0.2) is 14.8 Å². The quantitative estimate of drug-likeness (QED) is 0.153. The molecule has 0 aliphatic carbocycles. The number of ether oxygens (including phenoxy) is 3. The van der Waals surface area contributed by atoms with Gasteiger partial charge in [-0.15, -0.1) is 0 Å². The average molecular weight is 654 g/mol. The summed E-state index contributed by atoms with van der Waals surface area (Å²) in [7, 11) is 0. The van der Waals surface area contributed by atoms with E-state index < -0.39 is 5.60 Å². The van der Waals surface area contributed by atoms with E-state index in [1.54, 1.807) is 6.20 Å². The molecule has 0 radical (unpaired) electrons. The zero-order valence-corrected chi connectivity index (χ0v) is 27.9. The Morgan fingerprint density at radius 2 is 1.83 bits per heavy atom. The van der Waals surface area contributed by atoms with E-state index in [1.165, 1.54) is 0 Å². The van der Waals surface area contributed by atoms with Gasteiger partial charge in [0.1, 0.15) is 18.0 Å². The van der Waals surface area contributed by atoms with Crippen molar-refractivity contribution < 1.29 is 19.0 Å². The molecule has 1 atom stereocenters. The van der Waals surface area contributed by atoms with Crippen LogP contribution in [0.4, 0.5) is 0 Å². The number of esters is 1. The first kappa shape index (κ1) is 31.5. The standard InChI is InChI=1S/C37H40ClN5O4/c1-37(2,3)47-36(44)25-7-10-31-33(19-25)43(21-28-14-18-45-28)34(40-31)22-42-16-12-24(13-17-42)30-5-4-6-35(41-30)46-23-26-11-15-39-32-20-27(38)8-9-29(26)32/h4-11,15,19-20,24,28H,12-14,16-18,21-23H2,1-3H3/t28-/m0/s1. The van der Waals surface area contributed by atoms with Crippen molar-refractivity contribution >= 4 is 39.5 Å².